The number of nitrogen functional groups attached to an aromatic ring is 1. The average molecular weight is 306 g/mol. The van der Waals surface area contributed by atoms with E-state index < -0.39 is 11.7 Å². The van der Waals surface area contributed by atoms with Gasteiger partial charge in [0.1, 0.15) is 5.82 Å². The largest absolute Gasteiger partial charge is 0.416 e. The van der Waals surface area contributed by atoms with Crippen molar-refractivity contribution in [2.45, 2.75) is 6.18 Å². The van der Waals surface area contributed by atoms with E-state index in [9.17, 15) is 13.2 Å². The van der Waals surface area contributed by atoms with Gasteiger partial charge in [-0.15, -0.1) is 0 Å². The molecule has 90 valence electrons. The van der Waals surface area contributed by atoms with Crippen LogP contribution in [0.4, 0.5) is 19.0 Å². The van der Waals surface area contributed by atoms with Gasteiger partial charge >= 0.3 is 6.18 Å². The van der Waals surface area contributed by atoms with E-state index in [0.717, 1.165) is 12.1 Å². The second-order valence-corrected chi connectivity index (χ2v) is 4.35. The topological polar surface area (TPSA) is 54.7 Å². The molecule has 3 nitrogen and oxygen atoms in total. The van der Waals surface area contributed by atoms with Crippen LogP contribution in [0.1, 0.15) is 5.56 Å². The maximum atomic E-state index is 12.6. The number of halogens is 4. The van der Waals surface area contributed by atoms with Gasteiger partial charge in [-0.3, -0.25) is 5.10 Å². The fourth-order valence-electron chi connectivity index (χ4n) is 1.39. The summed E-state index contributed by atoms with van der Waals surface area (Å²) >= 11 is 3.04. The third-order valence-electron chi connectivity index (χ3n) is 2.13. The minimum Gasteiger partial charge on any atom is -0.382 e. The second-order valence-electron chi connectivity index (χ2n) is 3.43. The third kappa shape index (κ3) is 2.60. The molecule has 0 aliphatic rings. The molecule has 0 bridgehead atoms. The molecule has 2 rings (SSSR count). The normalized spacial score (nSPS) is 11.8. The molecule has 17 heavy (non-hydrogen) atoms. The monoisotopic (exact) mass is 305 g/mol. The molecule has 0 radical (unpaired) electrons. The van der Waals surface area contributed by atoms with Crippen molar-refractivity contribution in [2.24, 2.45) is 0 Å². The van der Waals surface area contributed by atoms with E-state index in [2.05, 4.69) is 26.1 Å². The summed E-state index contributed by atoms with van der Waals surface area (Å²) in [5.41, 5.74) is 5.49. The van der Waals surface area contributed by atoms with Gasteiger partial charge in [-0.05, 0) is 18.2 Å². The van der Waals surface area contributed by atoms with Crippen molar-refractivity contribution in [1.82, 2.24) is 10.2 Å². The number of anilines is 1. The SMILES string of the molecule is Nc1cc(-c2cc(Br)cc(C(F)(F)F)c2)[nH]n1. The van der Waals surface area contributed by atoms with E-state index in [-0.39, 0.29) is 5.82 Å². The summed E-state index contributed by atoms with van der Waals surface area (Å²) < 4.78 is 38.1. The lowest BCUT2D eigenvalue weighted by molar-refractivity contribution is -0.137. The predicted octanol–water partition coefficient (Wildman–Crippen LogP) is 3.44. The highest BCUT2D eigenvalue weighted by molar-refractivity contribution is 9.10. The van der Waals surface area contributed by atoms with Gasteiger partial charge in [0.05, 0.1) is 11.3 Å². The highest BCUT2D eigenvalue weighted by atomic mass is 79.9. The first-order valence-electron chi connectivity index (χ1n) is 4.55. The van der Waals surface area contributed by atoms with E-state index in [1.165, 1.54) is 6.07 Å². The number of nitrogens with two attached hydrogens (primary N) is 1. The van der Waals surface area contributed by atoms with Gasteiger partial charge in [0.2, 0.25) is 0 Å². The van der Waals surface area contributed by atoms with Crippen LogP contribution in [-0.2, 0) is 6.18 Å². The van der Waals surface area contributed by atoms with Crippen molar-refractivity contribution in [2.75, 3.05) is 5.73 Å². The van der Waals surface area contributed by atoms with Gasteiger partial charge in [0.25, 0.3) is 0 Å². The maximum absolute atomic E-state index is 12.6. The molecule has 0 unspecified atom stereocenters. The lowest BCUT2D eigenvalue weighted by Crippen LogP contribution is -2.04. The average Bonchev–Trinajstić information content (AvgIpc) is 2.62. The van der Waals surface area contributed by atoms with Gasteiger partial charge in [-0.2, -0.15) is 18.3 Å². The number of benzene rings is 1. The van der Waals surface area contributed by atoms with Crippen molar-refractivity contribution in [3.63, 3.8) is 0 Å². The van der Waals surface area contributed by atoms with Crippen molar-refractivity contribution >= 4 is 21.7 Å². The lowest BCUT2D eigenvalue weighted by atomic mass is 10.1. The van der Waals surface area contributed by atoms with Crippen LogP contribution in [0.25, 0.3) is 11.3 Å². The molecule has 0 saturated heterocycles. The fourth-order valence-corrected chi connectivity index (χ4v) is 1.89. The van der Waals surface area contributed by atoms with Crippen LogP contribution in [-0.4, -0.2) is 10.2 Å². The first kappa shape index (κ1) is 12.0. The molecular formula is C10H7BrF3N3. The maximum Gasteiger partial charge on any atom is 0.416 e. The Morgan fingerprint density at radius 3 is 2.41 bits per heavy atom. The quantitative estimate of drug-likeness (QED) is 0.848. The van der Waals surface area contributed by atoms with Gasteiger partial charge in [-0.1, -0.05) is 15.9 Å². The number of nitrogens with zero attached hydrogens (tertiary/aromatic N) is 1. The summed E-state index contributed by atoms with van der Waals surface area (Å²) in [6.07, 6.45) is -4.38. The van der Waals surface area contributed by atoms with Crippen LogP contribution in [0.15, 0.2) is 28.7 Å². The van der Waals surface area contributed by atoms with E-state index >= 15 is 0 Å². The molecule has 0 saturated carbocycles. The number of hydrogen-bond acceptors (Lipinski definition) is 2. The summed E-state index contributed by atoms with van der Waals surface area (Å²) in [4.78, 5) is 0. The number of H-pyrrole nitrogens is 1. The summed E-state index contributed by atoms with van der Waals surface area (Å²) in [5.74, 6) is 0.230. The first-order valence-corrected chi connectivity index (χ1v) is 5.34. The Balaban J connectivity index is 2.52. The number of hydrogen-bond donors (Lipinski definition) is 2. The lowest BCUT2D eigenvalue weighted by Gasteiger charge is -2.09. The van der Waals surface area contributed by atoms with Gasteiger partial charge < -0.3 is 5.73 Å². The highest BCUT2D eigenvalue weighted by Crippen LogP contribution is 2.34. The van der Waals surface area contributed by atoms with Crippen LogP contribution in [0.2, 0.25) is 0 Å². The zero-order chi connectivity index (χ0) is 12.6. The Kier molecular flexibility index (Phi) is 2.86. The molecule has 0 atom stereocenters. The molecule has 0 aliphatic carbocycles. The molecule has 0 fully saturated rings. The first-order chi connectivity index (χ1) is 7.86. The minimum absolute atomic E-state index is 0.230. The molecule has 1 heterocycles. The van der Waals surface area contributed by atoms with Gasteiger partial charge in [0.15, 0.2) is 0 Å². The Hall–Kier alpha value is -1.50. The number of aromatic amines is 1. The van der Waals surface area contributed by atoms with Crippen LogP contribution in [0, 0.1) is 0 Å². The number of aromatic nitrogens is 2. The van der Waals surface area contributed by atoms with Gasteiger partial charge in [0, 0.05) is 16.1 Å². The molecule has 7 heteroatoms. The van der Waals surface area contributed by atoms with Crippen LogP contribution < -0.4 is 5.73 Å². The van der Waals surface area contributed by atoms with Gasteiger partial charge in [-0.25, -0.2) is 0 Å². The summed E-state index contributed by atoms with van der Waals surface area (Å²) in [6, 6.07) is 5.09. The van der Waals surface area contributed by atoms with Crippen LogP contribution in [0.5, 0.6) is 0 Å². The molecule has 0 spiro atoms. The number of nitrogens with one attached hydrogen (secondary N) is 1. The van der Waals surface area contributed by atoms with E-state index in [1.807, 2.05) is 0 Å². The number of alkyl halides is 3. The van der Waals surface area contributed by atoms with Crippen molar-refractivity contribution < 1.29 is 13.2 Å². The van der Waals surface area contributed by atoms with Crippen LogP contribution in [0.3, 0.4) is 0 Å². The summed E-state index contributed by atoms with van der Waals surface area (Å²) in [5, 5.41) is 6.24. The third-order valence-corrected chi connectivity index (χ3v) is 2.59. The molecule has 1 aromatic carbocycles. The minimum atomic E-state index is -4.38. The molecule has 2 aromatic rings. The van der Waals surface area contributed by atoms with Crippen molar-refractivity contribution in [3.05, 3.63) is 34.3 Å². The van der Waals surface area contributed by atoms with E-state index in [1.54, 1.807) is 6.07 Å². The Bertz CT molecular complexity index is 548. The van der Waals surface area contributed by atoms with Crippen LogP contribution >= 0.6 is 15.9 Å². The smallest absolute Gasteiger partial charge is 0.382 e. The van der Waals surface area contributed by atoms with E-state index in [4.69, 9.17) is 5.73 Å². The Morgan fingerprint density at radius 1 is 1.18 bits per heavy atom. The summed E-state index contributed by atoms with van der Waals surface area (Å²) in [6.45, 7) is 0. The zero-order valence-electron chi connectivity index (χ0n) is 8.35. The highest BCUT2D eigenvalue weighted by Gasteiger charge is 2.31. The fraction of sp³-hybridized carbons (Fsp3) is 0.100. The zero-order valence-corrected chi connectivity index (χ0v) is 9.93. The Morgan fingerprint density at radius 2 is 1.88 bits per heavy atom. The molecule has 0 amide bonds. The second kappa shape index (κ2) is 4.06. The van der Waals surface area contributed by atoms with E-state index in [0.29, 0.717) is 15.7 Å². The molecule has 1 aromatic heterocycles. The van der Waals surface area contributed by atoms with Crippen molar-refractivity contribution in [3.8, 4) is 11.3 Å². The molecule has 3 N–H and O–H groups in total. The molecule has 0 aliphatic heterocycles. The standard InChI is InChI=1S/C10H7BrF3N3/c11-7-2-5(8-4-9(15)17-16-8)1-6(3-7)10(12,13)14/h1-4H,(H3,15,16,17). The predicted molar refractivity (Wildman–Crippen MR) is 61.1 cm³/mol. The summed E-state index contributed by atoms with van der Waals surface area (Å²) in [7, 11) is 0. The molecular weight excluding hydrogens is 299 g/mol. The van der Waals surface area contributed by atoms with Crippen molar-refractivity contribution in [1.29, 1.82) is 0 Å². The Labute approximate surface area is 103 Å². The number of rotatable bonds is 1.